The molecule has 0 bridgehead atoms. The summed E-state index contributed by atoms with van der Waals surface area (Å²) in [6.45, 7) is 3.45. The van der Waals surface area contributed by atoms with Gasteiger partial charge in [0.2, 0.25) is 0 Å². The molecule has 0 amide bonds. The van der Waals surface area contributed by atoms with Gasteiger partial charge in [-0.15, -0.1) is 0 Å². The molecule has 1 fully saturated rings. The zero-order valence-corrected chi connectivity index (χ0v) is 14.4. The fourth-order valence-electron chi connectivity index (χ4n) is 3.06. The molecule has 0 radical (unpaired) electrons. The number of halogens is 1. The minimum absolute atomic E-state index is 0.207. The third-order valence-corrected chi connectivity index (χ3v) is 5.81. The highest BCUT2D eigenvalue weighted by Gasteiger charge is 2.21. The maximum Gasteiger partial charge on any atom is 0.262 e. The second-order valence-corrected chi connectivity index (χ2v) is 7.73. The molecule has 6 heteroatoms. The number of benzene rings is 2. The molecule has 0 aromatic heterocycles. The van der Waals surface area contributed by atoms with Gasteiger partial charge in [0.15, 0.2) is 0 Å². The van der Waals surface area contributed by atoms with Crippen LogP contribution in [-0.4, -0.2) is 21.5 Å². The minimum atomic E-state index is -3.77. The van der Waals surface area contributed by atoms with E-state index in [1.807, 2.05) is 0 Å². The van der Waals surface area contributed by atoms with Crippen LogP contribution in [0.25, 0.3) is 0 Å². The fraction of sp³-hybridized carbons (Fsp3) is 0.333. The molecule has 0 spiro atoms. The Balaban J connectivity index is 1.97. The molecular formula is C18H21FN2O2S. The van der Waals surface area contributed by atoms with Crippen LogP contribution in [0.1, 0.15) is 24.8 Å². The highest BCUT2D eigenvalue weighted by atomic mass is 32.2. The van der Waals surface area contributed by atoms with E-state index in [1.165, 1.54) is 18.6 Å². The largest absolute Gasteiger partial charge is 0.370 e. The predicted molar refractivity (Wildman–Crippen MR) is 94.5 cm³/mol. The molecule has 0 saturated carbocycles. The van der Waals surface area contributed by atoms with Crippen molar-refractivity contribution >= 4 is 21.4 Å². The zero-order valence-electron chi connectivity index (χ0n) is 13.6. The van der Waals surface area contributed by atoms with Gasteiger partial charge in [0.05, 0.1) is 16.3 Å². The number of hydrogen-bond donors (Lipinski definition) is 1. The summed E-state index contributed by atoms with van der Waals surface area (Å²) in [5.41, 5.74) is 1.68. The van der Waals surface area contributed by atoms with Gasteiger partial charge in [-0.2, -0.15) is 0 Å². The average molecular weight is 348 g/mol. The van der Waals surface area contributed by atoms with Crippen LogP contribution >= 0.6 is 0 Å². The highest BCUT2D eigenvalue weighted by molar-refractivity contribution is 7.92. The van der Waals surface area contributed by atoms with Crippen molar-refractivity contribution in [3.63, 3.8) is 0 Å². The van der Waals surface area contributed by atoms with E-state index in [2.05, 4.69) is 9.62 Å². The summed E-state index contributed by atoms with van der Waals surface area (Å²) in [6, 6.07) is 11.0. The number of sulfonamides is 1. The Morgan fingerprint density at radius 3 is 2.46 bits per heavy atom. The first-order valence-electron chi connectivity index (χ1n) is 8.10. The number of anilines is 2. The predicted octanol–water partition coefficient (Wildman–Crippen LogP) is 3.93. The van der Waals surface area contributed by atoms with E-state index in [0.717, 1.165) is 31.6 Å². The molecule has 1 N–H and O–H groups in total. The standard InChI is InChI=1S/C18H21FN2O2S/c1-14-7-3-4-8-18(14)24(22,23)20-16-13-15(19)9-10-17(16)21-11-5-2-6-12-21/h3-4,7-10,13,20H,2,5-6,11-12H2,1H3. The molecule has 128 valence electrons. The van der Waals surface area contributed by atoms with Crippen molar-refractivity contribution in [1.82, 2.24) is 0 Å². The maximum atomic E-state index is 13.7. The number of hydrogen-bond acceptors (Lipinski definition) is 3. The Kier molecular flexibility index (Phi) is 4.76. The van der Waals surface area contributed by atoms with Crippen LogP contribution in [0.5, 0.6) is 0 Å². The van der Waals surface area contributed by atoms with Gasteiger partial charge in [-0.3, -0.25) is 4.72 Å². The van der Waals surface area contributed by atoms with Gasteiger partial charge in [0.25, 0.3) is 10.0 Å². The van der Waals surface area contributed by atoms with Crippen LogP contribution in [0.3, 0.4) is 0 Å². The average Bonchev–Trinajstić information content (AvgIpc) is 2.55. The summed E-state index contributed by atoms with van der Waals surface area (Å²) in [6.07, 6.45) is 3.28. The first-order chi connectivity index (χ1) is 11.5. The summed E-state index contributed by atoms with van der Waals surface area (Å²) in [5.74, 6) is -0.460. The topological polar surface area (TPSA) is 49.4 Å². The van der Waals surface area contributed by atoms with Crippen molar-refractivity contribution in [2.45, 2.75) is 31.1 Å². The van der Waals surface area contributed by atoms with Crippen LogP contribution < -0.4 is 9.62 Å². The van der Waals surface area contributed by atoms with E-state index in [9.17, 15) is 12.8 Å². The van der Waals surface area contributed by atoms with Crippen molar-refractivity contribution in [3.05, 3.63) is 53.8 Å². The summed E-state index contributed by atoms with van der Waals surface area (Å²) in [4.78, 5) is 2.32. The molecule has 1 heterocycles. The van der Waals surface area contributed by atoms with Crippen LogP contribution in [-0.2, 0) is 10.0 Å². The summed E-state index contributed by atoms with van der Waals surface area (Å²) < 4.78 is 41.7. The van der Waals surface area contributed by atoms with Crippen molar-refractivity contribution in [1.29, 1.82) is 0 Å². The molecule has 4 nitrogen and oxygen atoms in total. The molecule has 0 aliphatic carbocycles. The third kappa shape index (κ3) is 3.53. The lowest BCUT2D eigenvalue weighted by Gasteiger charge is -2.30. The van der Waals surface area contributed by atoms with Gasteiger partial charge < -0.3 is 4.90 Å². The first-order valence-corrected chi connectivity index (χ1v) is 9.59. The SMILES string of the molecule is Cc1ccccc1S(=O)(=O)Nc1cc(F)ccc1N1CCCCC1. The number of nitrogens with one attached hydrogen (secondary N) is 1. The Bertz CT molecular complexity index is 831. The lowest BCUT2D eigenvalue weighted by Crippen LogP contribution is -2.30. The summed E-state index contributed by atoms with van der Waals surface area (Å²) in [7, 11) is -3.77. The molecule has 1 aliphatic rings. The maximum absolute atomic E-state index is 13.7. The molecule has 1 saturated heterocycles. The fourth-order valence-corrected chi connectivity index (χ4v) is 4.37. The summed E-state index contributed by atoms with van der Waals surface area (Å²) >= 11 is 0. The van der Waals surface area contributed by atoms with Crippen LogP contribution in [0.15, 0.2) is 47.4 Å². The van der Waals surface area contributed by atoms with Gasteiger partial charge in [-0.05, 0) is 49.9 Å². The van der Waals surface area contributed by atoms with E-state index in [4.69, 9.17) is 0 Å². The van der Waals surface area contributed by atoms with Crippen molar-refractivity contribution in [2.24, 2.45) is 0 Å². The Morgan fingerprint density at radius 2 is 1.75 bits per heavy atom. The zero-order chi connectivity index (χ0) is 17.2. The first kappa shape index (κ1) is 16.8. The Morgan fingerprint density at radius 1 is 1.04 bits per heavy atom. The molecule has 0 unspecified atom stereocenters. The van der Waals surface area contributed by atoms with E-state index < -0.39 is 15.8 Å². The Hall–Kier alpha value is -2.08. The number of rotatable bonds is 4. The molecule has 2 aromatic rings. The minimum Gasteiger partial charge on any atom is -0.370 e. The van der Waals surface area contributed by atoms with Crippen molar-refractivity contribution in [2.75, 3.05) is 22.7 Å². The van der Waals surface area contributed by atoms with Crippen LogP contribution in [0.4, 0.5) is 15.8 Å². The highest BCUT2D eigenvalue weighted by Crippen LogP contribution is 2.31. The van der Waals surface area contributed by atoms with Crippen molar-refractivity contribution < 1.29 is 12.8 Å². The molecule has 2 aromatic carbocycles. The molecule has 1 aliphatic heterocycles. The Labute approximate surface area is 142 Å². The summed E-state index contributed by atoms with van der Waals surface area (Å²) in [5, 5.41) is 0. The lowest BCUT2D eigenvalue weighted by molar-refractivity contribution is 0.577. The van der Waals surface area contributed by atoms with Gasteiger partial charge in [-0.25, -0.2) is 12.8 Å². The smallest absolute Gasteiger partial charge is 0.262 e. The second-order valence-electron chi connectivity index (χ2n) is 6.08. The van der Waals surface area contributed by atoms with Gasteiger partial charge in [-0.1, -0.05) is 18.2 Å². The number of nitrogens with zero attached hydrogens (tertiary/aromatic N) is 1. The number of piperidine rings is 1. The molecule has 0 atom stereocenters. The third-order valence-electron chi connectivity index (χ3n) is 4.28. The number of aryl methyl sites for hydroxylation is 1. The monoisotopic (exact) mass is 348 g/mol. The van der Waals surface area contributed by atoms with E-state index in [-0.39, 0.29) is 4.90 Å². The second kappa shape index (κ2) is 6.81. The molecule has 24 heavy (non-hydrogen) atoms. The van der Waals surface area contributed by atoms with E-state index >= 15 is 0 Å². The molecular weight excluding hydrogens is 327 g/mol. The van der Waals surface area contributed by atoms with Crippen LogP contribution in [0, 0.1) is 12.7 Å². The quantitative estimate of drug-likeness (QED) is 0.911. The van der Waals surface area contributed by atoms with Crippen LogP contribution in [0.2, 0.25) is 0 Å². The normalized spacial score (nSPS) is 15.3. The van der Waals surface area contributed by atoms with Gasteiger partial charge >= 0.3 is 0 Å². The lowest BCUT2D eigenvalue weighted by atomic mass is 10.1. The van der Waals surface area contributed by atoms with Gasteiger partial charge in [0.1, 0.15) is 5.82 Å². The molecule has 3 rings (SSSR count). The van der Waals surface area contributed by atoms with Crippen molar-refractivity contribution in [3.8, 4) is 0 Å². The van der Waals surface area contributed by atoms with Gasteiger partial charge in [0, 0.05) is 19.2 Å². The van der Waals surface area contributed by atoms with E-state index in [0.29, 0.717) is 11.3 Å². The van der Waals surface area contributed by atoms with E-state index in [1.54, 1.807) is 37.3 Å².